The van der Waals surface area contributed by atoms with Crippen LogP contribution >= 0.6 is 0 Å². The van der Waals surface area contributed by atoms with Gasteiger partial charge in [0, 0.05) is 16.5 Å². The van der Waals surface area contributed by atoms with E-state index in [1.165, 1.54) is 11.8 Å². The molecule has 2 aromatic heterocycles. The smallest absolute Gasteiger partial charge is 0.416 e. The van der Waals surface area contributed by atoms with Gasteiger partial charge in [0.15, 0.2) is 11.6 Å². The van der Waals surface area contributed by atoms with Crippen LogP contribution in [0.4, 0.5) is 17.6 Å². The molecule has 0 saturated carbocycles. The number of nitriles is 1. The van der Waals surface area contributed by atoms with Crippen LogP contribution in [-0.4, -0.2) is 33.5 Å². The molecule has 3 heterocycles. The Bertz CT molecular complexity index is 1420. The number of nitrogens with zero attached hydrogens (tertiary/aromatic N) is 4. The van der Waals surface area contributed by atoms with Gasteiger partial charge >= 0.3 is 6.18 Å². The lowest BCUT2D eigenvalue weighted by Gasteiger charge is -2.24. The average Bonchev–Trinajstić information content (AvgIpc) is 3.42. The van der Waals surface area contributed by atoms with Crippen molar-refractivity contribution >= 4 is 10.9 Å². The molecule has 1 atom stereocenters. The summed E-state index contributed by atoms with van der Waals surface area (Å²) in [6.07, 6.45) is -5.77. The number of nitrogens with one attached hydrogen (secondary N) is 1. The third kappa shape index (κ3) is 3.48. The van der Waals surface area contributed by atoms with E-state index >= 15 is 0 Å². The number of aromatic nitrogens is 4. The number of hydrogen-bond donors (Lipinski definition) is 1. The molecule has 0 radical (unpaired) electrons. The fourth-order valence-electron chi connectivity index (χ4n) is 3.91. The maximum atomic E-state index is 14.5. The van der Waals surface area contributed by atoms with Gasteiger partial charge in [0.05, 0.1) is 37.1 Å². The second-order valence-corrected chi connectivity index (χ2v) is 7.40. The Morgan fingerprint density at radius 3 is 2.79 bits per heavy atom. The highest BCUT2D eigenvalue weighted by Crippen LogP contribution is 2.37. The molecule has 0 aliphatic carbocycles. The zero-order chi connectivity index (χ0) is 23.3. The maximum Gasteiger partial charge on any atom is 0.416 e. The van der Waals surface area contributed by atoms with E-state index in [4.69, 9.17) is 9.47 Å². The Hall–Kier alpha value is -3.91. The van der Waals surface area contributed by atoms with Gasteiger partial charge in [-0.25, -0.2) is 14.1 Å². The van der Waals surface area contributed by atoms with Crippen molar-refractivity contribution in [3.63, 3.8) is 0 Å². The predicted octanol–water partition coefficient (Wildman–Crippen LogP) is 4.58. The Kier molecular flexibility index (Phi) is 4.83. The van der Waals surface area contributed by atoms with Gasteiger partial charge < -0.3 is 14.5 Å². The normalized spacial score (nSPS) is 15.9. The van der Waals surface area contributed by atoms with Gasteiger partial charge in [-0.05, 0) is 36.4 Å². The van der Waals surface area contributed by atoms with Crippen molar-refractivity contribution in [1.29, 1.82) is 5.26 Å². The molecule has 4 aromatic rings. The van der Waals surface area contributed by atoms with E-state index in [2.05, 4.69) is 21.1 Å². The van der Waals surface area contributed by atoms with Crippen LogP contribution in [0.15, 0.2) is 36.4 Å². The quantitative estimate of drug-likeness (QED) is 0.455. The van der Waals surface area contributed by atoms with Crippen molar-refractivity contribution in [3.8, 4) is 23.3 Å². The average molecular weight is 457 g/mol. The first-order valence-corrected chi connectivity index (χ1v) is 9.83. The molecule has 0 unspecified atom stereocenters. The van der Waals surface area contributed by atoms with Crippen LogP contribution in [0.25, 0.3) is 22.4 Å². The minimum Gasteiger partial charge on any atom is -0.495 e. The molecule has 0 fully saturated rings. The van der Waals surface area contributed by atoms with E-state index in [0.717, 1.165) is 12.1 Å². The van der Waals surface area contributed by atoms with Crippen LogP contribution < -0.4 is 4.74 Å². The van der Waals surface area contributed by atoms with Gasteiger partial charge in [0.2, 0.25) is 0 Å². The minimum absolute atomic E-state index is 0.127. The molecule has 2 aromatic carbocycles. The standard InChI is InChI=1S/C22H15F4N5O2/c1-32-18-11(10-27)2-5-16-14(18)9-17(28-16)20-29-21-19(33-7-6-31(21)30-20)13-8-12(22(24,25)26)3-4-15(13)23/h2-5,8-9,19,28H,6-7H2,1H3/t19-/m0/s1. The van der Waals surface area contributed by atoms with Crippen molar-refractivity contribution in [3.05, 3.63) is 64.7 Å². The number of benzene rings is 2. The van der Waals surface area contributed by atoms with E-state index in [1.54, 1.807) is 18.2 Å². The summed E-state index contributed by atoms with van der Waals surface area (Å²) in [5.74, 6) is 0.0153. The topological polar surface area (TPSA) is 88.8 Å². The summed E-state index contributed by atoms with van der Waals surface area (Å²) in [7, 11) is 1.46. The Labute approximate surface area is 184 Å². The molecule has 1 N–H and O–H groups in total. The molecule has 7 nitrogen and oxygen atoms in total. The van der Waals surface area contributed by atoms with Crippen LogP contribution in [0.2, 0.25) is 0 Å². The summed E-state index contributed by atoms with van der Waals surface area (Å²) >= 11 is 0. The van der Waals surface area contributed by atoms with Crippen LogP contribution in [0.5, 0.6) is 5.75 Å². The summed E-state index contributed by atoms with van der Waals surface area (Å²) in [6.45, 7) is 0.434. The number of methoxy groups -OCH3 is 1. The van der Waals surface area contributed by atoms with Crippen LogP contribution in [0.3, 0.4) is 0 Å². The van der Waals surface area contributed by atoms with Gasteiger partial charge in [0.25, 0.3) is 0 Å². The van der Waals surface area contributed by atoms with E-state index in [-0.39, 0.29) is 23.8 Å². The number of fused-ring (bicyclic) bond motifs is 2. The highest BCUT2D eigenvalue weighted by atomic mass is 19.4. The number of H-pyrrole nitrogens is 1. The highest BCUT2D eigenvalue weighted by Gasteiger charge is 2.35. The van der Waals surface area contributed by atoms with Crippen molar-refractivity contribution in [1.82, 2.24) is 19.7 Å². The summed E-state index contributed by atoms with van der Waals surface area (Å²) < 4.78 is 66.5. The second kappa shape index (κ2) is 7.60. The molecule has 1 aliphatic rings. The lowest BCUT2D eigenvalue weighted by atomic mass is 10.0. The third-order valence-corrected chi connectivity index (χ3v) is 5.45. The first-order valence-electron chi connectivity index (χ1n) is 9.83. The molecular weight excluding hydrogens is 442 g/mol. The van der Waals surface area contributed by atoms with Gasteiger partial charge in [-0.2, -0.15) is 18.4 Å². The van der Waals surface area contributed by atoms with Crippen molar-refractivity contribution in [2.75, 3.05) is 13.7 Å². The summed E-state index contributed by atoms with van der Waals surface area (Å²) in [4.78, 5) is 7.60. The molecule has 5 rings (SSSR count). The van der Waals surface area contributed by atoms with Gasteiger partial charge in [0.1, 0.15) is 23.7 Å². The summed E-state index contributed by atoms with van der Waals surface area (Å²) in [6, 6.07) is 9.32. The Morgan fingerprint density at radius 2 is 2.06 bits per heavy atom. The number of halogens is 4. The summed E-state index contributed by atoms with van der Waals surface area (Å²) in [5, 5.41) is 14.4. The molecule has 0 amide bonds. The fourth-order valence-corrected chi connectivity index (χ4v) is 3.91. The van der Waals surface area contributed by atoms with Crippen LogP contribution in [-0.2, 0) is 17.5 Å². The molecule has 0 bridgehead atoms. The lowest BCUT2D eigenvalue weighted by molar-refractivity contribution is -0.137. The minimum atomic E-state index is -4.62. The van der Waals surface area contributed by atoms with Crippen molar-refractivity contribution in [2.24, 2.45) is 0 Å². The number of hydrogen-bond acceptors (Lipinski definition) is 5. The van der Waals surface area contributed by atoms with E-state index in [1.807, 2.05) is 0 Å². The third-order valence-electron chi connectivity index (χ3n) is 5.45. The number of rotatable bonds is 3. The van der Waals surface area contributed by atoms with Crippen LogP contribution in [0.1, 0.15) is 28.6 Å². The predicted molar refractivity (Wildman–Crippen MR) is 108 cm³/mol. The number of alkyl halides is 3. The Morgan fingerprint density at radius 1 is 1.24 bits per heavy atom. The van der Waals surface area contributed by atoms with E-state index in [9.17, 15) is 22.8 Å². The Balaban J connectivity index is 1.59. The molecule has 0 saturated heterocycles. The number of aromatic amines is 1. The first-order chi connectivity index (χ1) is 15.8. The van der Waals surface area contributed by atoms with Gasteiger partial charge in [-0.1, -0.05) is 0 Å². The molecular formula is C22H15F4N5O2. The second-order valence-electron chi connectivity index (χ2n) is 7.40. The zero-order valence-electron chi connectivity index (χ0n) is 17.1. The first kappa shape index (κ1) is 21.0. The van der Waals surface area contributed by atoms with Gasteiger partial charge in [-0.15, -0.1) is 5.10 Å². The molecule has 1 aliphatic heterocycles. The van der Waals surface area contributed by atoms with Crippen molar-refractivity contribution < 1.29 is 27.0 Å². The number of ether oxygens (including phenoxy) is 2. The molecule has 11 heteroatoms. The zero-order valence-corrected chi connectivity index (χ0v) is 17.1. The maximum absolute atomic E-state index is 14.5. The van der Waals surface area contributed by atoms with E-state index in [0.29, 0.717) is 40.5 Å². The highest BCUT2D eigenvalue weighted by molar-refractivity contribution is 5.92. The molecule has 0 spiro atoms. The SMILES string of the molecule is COc1c(C#N)ccc2[nH]c(-c3nc4n(n3)CCO[C@H]4c3cc(C(F)(F)F)ccc3F)cc12. The van der Waals surface area contributed by atoms with Crippen LogP contribution in [0, 0.1) is 17.1 Å². The van der Waals surface area contributed by atoms with E-state index < -0.39 is 23.7 Å². The summed E-state index contributed by atoms with van der Waals surface area (Å²) in [5.41, 5.74) is 0.312. The molecule has 168 valence electrons. The van der Waals surface area contributed by atoms with Gasteiger partial charge in [-0.3, -0.25) is 0 Å². The fraction of sp³-hybridized carbons (Fsp3) is 0.227. The lowest BCUT2D eigenvalue weighted by Crippen LogP contribution is -2.24. The largest absolute Gasteiger partial charge is 0.495 e. The van der Waals surface area contributed by atoms with Crippen molar-refractivity contribution in [2.45, 2.75) is 18.8 Å². The molecule has 33 heavy (non-hydrogen) atoms. The monoisotopic (exact) mass is 457 g/mol.